The first-order chi connectivity index (χ1) is 8.84. The Kier molecular flexibility index (Phi) is 3.59. The highest BCUT2D eigenvalue weighted by molar-refractivity contribution is 5.23. The number of aryl methyl sites for hydroxylation is 1. The smallest absolute Gasteiger partial charge is 0.131 e. The van der Waals surface area contributed by atoms with Crippen LogP contribution in [0.25, 0.3) is 0 Å². The molecule has 1 fully saturated rings. The van der Waals surface area contributed by atoms with Gasteiger partial charge >= 0.3 is 0 Å². The van der Waals surface area contributed by atoms with Gasteiger partial charge in [-0.15, -0.1) is 0 Å². The van der Waals surface area contributed by atoms with Crippen molar-refractivity contribution in [1.82, 2.24) is 9.97 Å². The number of fused-ring (bicyclic) bond motifs is 1. The zero-order chi connectivity index (χ0) is 12.4. The molecule has 1 atom stereocenters. The molecule has 0 spiro atoms. The lowest BCUT2D eigenvalue weighted by atomic mass is 9.88. The molecule has 98 valence electrons. The number of nitrogens with zero attached hydrogens (tertiary/aromatic N) is 2. The van der Waals surface area contributed by atoms with E-state index in [4.69, 9.17) is 10.7 Å². The topological polar surface area (TPSA) is 51.8 Å². The zero-order valence-electron chi connectivity index (χ0n) is 11.1. The average molecular weight is 245 g/mol. The van der Waals surface area contributed by atoms with Crippen molar-refractivity contribution in [2.45, 2.75) is 69.7 Å². The van der Waals surface area contributed by atoms with Crippen LogP contribution in [0.15, 0.2) is 6.20 Å². The van der Waals surface area contributed by atoms with Crippen LogP contribution in [0.2, 0.25) is 0 Å². The first-order valence-corrected chi connectivity index (χ1v) is 7.46. The quantitative estimate of drug-likeness (QED) is 0.773. The van der Waals surface area contributed by atoms with E-state index in [-0.39, 0.29) is 6.04 Å². The van der Waals surface area contributed by atoms with E-state index in [1.807, 2.05) is 6.20 Å². The Morgan fingerprint density at radius 2 is 1.78 bits per heavy atom. The van der Waals surface area contributed by atoms with Crippen molar-refractivity contribution in [3.05, 3.63) is 23.3 Å². The number of aromatic nitrogens is 2. The van der Waals surface area contributed by atoms with Crippen molar-refractivity contribution in [2.75, 3.05) is 0 Å². The monoisotopic (exact) mass is 245 g/mol. The Balaban J connectivity index is 1.87. The molecule has 3 nitrogen and oxygen atoms in total. The fourth-order valence-corrected chi connectivity index (χ4v) is 3.32. The predicted octanol–water partition coefficient (Wildman–Crippen LogP) is 3.25. The fourth-order valence-electron chi connectivity index (χ4n) is 3.32. The largest absolute Gasteiger partial charge is 0.324 e. The Labute approximate surface area is 109 Å². The van der Waals surface area contributed by atoms with E-state index < -0.39 is 0 Å². The van der Waals surface area contributed by atoms with Gasteiger partial charge in [-0.1, -0.05) is 25.7 Å². The maximum Gasteiger partial charge on any atom is 0.131 e. The van der Waals surface area contributed by atoms with Crippen LogP contribution in [0.1, 0.15) is 80.4 Å². The summed E-state index contributed by atoms with van der Waals surface area (Å²) in [5.41, 5.74) is 8.63. The van der Waals surface area contributed by atoms with Gasteiger partial charge in [0.05, 0.1) is 0 Å². The Hall–Kier alpha value is -0.960. The van der Waals surface area contributed by atoms with Gasteiger partial charge < -0.3 is 5.73 Å². The Morgan fingerprint density at radius 1 is 1.00 bits per heavy atom. The van der Waals surface area contributed by atoms with Crippen molar-refractivity contribution >= 4 is 0 Å². The second-order valence-corrected chi connectivity index (χ2v) is 5.82. The van der Waals surface area contributed by atoms with Crippen molar-refractivity contribution in [3.8, 4) is 0 Å². The molecule has 3 rings (SSSR count). The van der Waals surface area contributed by atoms with Gasteiger partial charge in [0, 0.05) is 29.4 Å². The van der Waals surface area contributed by atoms with E-state index in [1.54, 1.807) is 0 Å². The minimum atomic E-state index is 0.155. The minimum absolute atomic E-state index is 0.155. The maximum absolute atomic E-state index is 6.19. The van der Waals surface area contributed by atoms with E-state index in [9.17, 15) is 0 Å². The van der Waals surface area contributed by atoms with E-state index >= 15 is 0 Å². The second kappa shape index (κ2) is 5.35. The highest BCUT2D eigenvalue weighted by atomic mass is 14.9. The number of rotatable bonds is 1. The van der Waals surface area contributed by atoms with Gasteiger partial charge in [-0.2, -0.15) is 0 Å². The number of hydrogen-bond donors (Lipinski definition) is 1. The lowest BCUT2D eigenvalue weighted by Crippen LogP contribution is -2.15. The molecule has 0 radical (unpaired) electrons. The molecule has 2 N–H and O–H groups in total. The second-order valence-electron chi connectivity index (χ2n) is 5.82. The third-order valence-electron chi connectivity index (χ3n) is 4.47. The van der Waals surface area contributed by atoms with Crippen molar-refractivity contribution in [2.24, 2.45) is 5.73 Å². The van der Waals surface area contributed by atoms with E-state index in [2.05, 4.69) is 4.98 Å². The molecule has 2 aliphatic carbocycles. The predicted molar refractivity (Wildman–Crippen MR) is 72.3 cm³/mol. The Bertz CT molecular complexity index is 410. The molecule has 0 amide bonds. The van der Waals surface area contributed by atoms with Gasteiger partial charge in [-0.25, -0.2) is 9.97 Å². The molecule has 0 aromatic carbocycles. The van der Waals surface area contributed by atoms with Crippen LogP contribution in [0, 0.1) is 0 Å². The summed E-state index contributed by atoms with van der Waals surface area (Å²) in [5, 5.41) is 0. The summed E-state index contributed by atoms with van der Waals surface area (Å²) in [6, 6.07) is 0.155. The molecular formula is C15H23N3. The van der Waals surface area contributed by atoms with Gasteiger partial charge in [0.2, 0.25) is 0 Å². The van der Waals surface area contributed by atoms with Crippen LogP contribution in [-0.2, 0) is 6.42 Å². The molecule has 3 heteroatoms. The summed E-state index contributed by atoms with van der Waals surface area (Å²) < 4.78 is 0. The van der Waals surface area contributed by atoms with Gasteiger partial charge in [-0.3, -0.25) is 0 Å². The molecule has 18 heavy (non-hydrogen) atoms. The lowest BCUT2D eigenvalue weighted by Gasteiger charge is -2.21. The SMILES string of the molecule is NC1CCCCc2nc(C3CCCCC3)ncc21. The standard InChI is InChI=1S/C15H23N3/c16-13-8-4-5-9-14-12(13)10-17-15(18-14)11-6-2-1-3-7-11/h10-11,13H,1-9,16H2. The van der Waals surface area contributed by atoms with E-state index in [1.165, 1.54) is 56.2 Å². The summed E-state index contributed by atoms with van der Waals surface area (Å²) in [4.78, 5) is 9.47. The summed E-state index contributed by atoms with van der Waals surface area (Å²) >= 11 is 0. The van der Waals surface area contributed by atoms with Crippen molar-refractivity contribution in [3.63, 3.8) is 0 Å². The van der Waals surface area contributed by atoms with Crippen LogP contribution in [0.4, 0.5) is 0 Å². The van der Waals surface area contributed by atoms with Crippen LogP contribution in [-0.4, -0.2) is 9.97 Å². The number of hydrogen-bond acceptors (Lipinski definition) is 3. The summed E-state index contributed by atoms with van der Waals surface area (Å²) in [6.07, 6.45) is 13.2. The first kappa shape index (κ1) is 12.1. The van der Waals surface area contributed by atoms with Gasteiger partial charge in [0.25, 0.3) is 0 Å². The summed E-state index contributed by atoms with van der Waals surface area (Å²) in [6.45, 7) is 0. The maximum atomic E-state index is 6.19. The molecule has 1 unspecified atom stereocenters. The molecular weight excluding hydrogens is 222 g/mol. The third kappa shape index (κ3) is 2.41. The van der Waals surface area contributed by atoms with Crippen molar-refractivity contribution in [1.29, 1.82) is 0 Å². The van der Waals surface area contributed by atoms with Crippen LogP contribution in [0.5, 0.6) is 0 Å². The van der Waals surface area contributed by atoms with Crippen LogP contribution < -0.4 is 5.73 Å². The van der Waals surface area contributed by atoms with Crippen molar-refractivity contribution < 1.29 is 0 Å². The Morgan fingerprint density at radius 3 is 2.61 bits per heavy atom. The molecule has 1 saturated carbocycles. The minimum Gasteiger partial charge on any atom is -0.324 e. The lowest BCUT2D eigenvalue weighted by molar-refractivity contribution is 0.427. The molecule has 0 bridgehead atoms. The highest BCUT2D eigenvalue weighted by Gasteiger charge is 2.22. The first-order valence-electron chi connectivity index (χ1n) is 7.46. The molecule has 1 aromatic heterocycles. The average Bonchev–Trinajstić information content (AvgIpc) is 2.61. The molecule has 0 aliphatic heterocycles. The summed E-state index contributed by atoms with van der Waals surface area (Å²) in [7, 11) is 0. The normalized spacial score (nSPS) is 25.5. The van der Waals surface area contributed by atoms with Crippen LogP contribution in [0.3, 0.4) is 0 Å². The van der Waals surface area contributed by atoms with E-state index in [0.29, 0.717) is 5.92 Å². The molecule has 2 aliphatic rings. The van der Waals surface area contributed by atoms with Crippen LogP contribution >= 0.6 is 0 Å². The fraction of sp³-hybridized carbons (Fsp3) is 0.733. The number of nitrogens with two attached hydrogens (primary N) is 1. The summed E-state index contributed by atoms with van der Waals surface area (Å²) in [5.74, 6) is 1.69. The highest BCUT2D eigenvalue weighted by Crippen LogP contribution is 2.32. The molecule has 1 heterocycles. The molecule has 0 saturated heterocycles. The van der Waals surface area contributed by atoms with Gasteiger partial charge in [0.1, 0.15) is 5.82 Å². The molecule has 1 aromatic rings. The van der Waals surface area contributed by atoms with Gasteiger partial charge in [0.15, 0.2) is 0 Å². The van der Waals surface area contributed by atoms with E-state index in [0.717, 1.165) is 18.7 Å². The van der Waals surface area contributed by atoms with Gasteiger partial charge in [-0.05, 0) is 32.1 Å². The zero-order valence-corrected chi connectivity index (χ0v) is 11.1. The third-order valence-corrected chi connectivity index (χ3v) is 4.47.